The van der Waals surface area contributed by atoms with Crippen molar-refractivity contribution < 1.29 is 12.4 Å². The van der Waals surface area contributed by atoms with Crippen LogP contribution < -0.4 is 16.9 Å². The van der Waals surface area contributed by atoms with E-state index in [1.165, 1.54) is 224 Å². The molecule has 1 rings (SSSR count). The molecule has 1 aromatic rings. The van der Waals surface area contributed by atoms with E-state index in [9.17, 15) is 0 Å². The summed E-state index contributed by atoms with van der Waals surface area (Å²) in [5.74, 6) is 0. The van der Waals surface area contributed by atoms with E-state index in [2.05, 4.69) is 51.2 Å². The van der Waals surface area contributed by atoms with Crippen LogP contribution in [-0.4, -0.2) is 20.1 Å². The van der Waals surface area contributed by atoms with Crippen LogP contribution in [0.25, 0.3) is 0 Å². The van der Waals surface area contributed by atoms with Gasteiger partial charge in [0.1, 0.15) is 5.69 Å². The summed E-state index contributed by atoms with van der Waals surface area (Å²) >= 11 is 0. The van der Waals surface area contributed by atoms with Crippen molar-refractivity contribution in [1.29, 1.82) is 0 Å². The maximum absolute atomic E-state index is 2.51. The van der Waals surface area contributed by atoms with Crippen molar-refractivity contribution in [3.05, 3.63) is 30.3 Å². The van der Waals surface area contributed by atoms with Crippen molar-refractivity contribution in [2.75, 3.05) is 20.1 Å². The predicted molar refractivity (Wildman–Crippen MR) is 203 cm³/mol. The van der Waals surface area contributed by atoms with Crippen molar-refractivity contribution in [3.63, 3.8) is 0 Å². The zero-order chi connectivity index (χ0) is 31.7. The minimum atomic E-state index is 0. The van der Waals surface area contributed by atoms with Crippen molar-refractivity contribution in [2.24, 2.45) is 0 Å². The molecule has 45 heavy (non-hydrogen) atoms. The fourth-order valence-electron chi connectivity index (χ4n) is 7.18. The molecule has 0 saturated carbocycles. The molecule has 0 radical (unpaired) electrons. The Morgan fingerprint density at radius 2 is 0.556 bits per heavy atom. The molecule has 1 aromatic carbocycles. The Morgan fingerprint density at radius 3 is 0.800 bits per heavy atom. The van der Waals surface area contributed by atoms with Crippen LogP contribution in [0.15, 0.2) is 30.3 Å². The van der Waals surface area contributed by atoms with Gasteiger partial charge in [0.05, 0.1) is 20.1 Å². The molecule has 0 aliphatic rings. The van der Waals surface area contributed by atoms with Crippen LogP contribution in [-0.2, 0) is 0 Å². The molecule has 0 N–H and O–H groups in total. The van der Waals surface area contributed by atoms with Gasteiger partial charge >= 0.3 is 0 Å². The standard InChI is InChI=1S/C43H82N.ClH/c1-4-6-8-10-12-14-16-18-20-22-24-26-28-30-32-37-41-44(3,43-39-35-34-36-40-43)42-38-33-31-29-27-25-23-21-19-17-15-13-11-9-7-5-2;/h34-36,39-40H,4-33,37-38,41-42H2,1-3H3;1H/q+1;/p-1. The van der Waals surface area contributed by atoms with Crippen LogP contribution in [0.4, 0.5) is 5.69 Å². The number of rotatable bonds is 35. The molecule has 0 aromatic heterocycles. The molecule has 0 spiro atoms. The van der Waals surface area contributed by atoms with Gasteiger partial charge in [0.15, 0.2) is 0 Å². The third-order valence-corrected chi connectivity index (χ3v) is 10.4. The number of benzene rings is 1. The number of halogens is 1. The number of para-hydroxylation sites is 1. The van der Waals surface area contributed by atoms with Gasteiger partial charge < -0.3 is 12.4 Å². The van der Waals surface area contributed by atoms with E-state index in [0.29, 0.717) is 0 Å². The molecule has 1 nitrogen and oxygen atoms in total. The fraction of sp³-hybridized carbons (Fsp3) is 0.860. The number of unbranched alkanes of at least 4 members (excludes halogenated alkanes) is 30. The van der Waals surface area contributed by atoms with Gasteiger partial charge in [-0.2, -0.15) is 0 Å². The second kappa shape index (κ2) is 34.8. The Labute approximate surface area is 291 Å². The molecule has 0 heterocycles. The van der Waals surface area contributed by atoms with Gasteiger partial charge in [0.2, 0.25) is 0 Å². The molecule has 0 aliphatic heterocycles. The normalized spacial score (nSPS) is 11.6. The van der Waals surface area contributed by atoms with E-state index >= 15 is 0 Å². The second-order valence-electron chi connectivity index (χ2n) is 14.8. The smallest absolute Gasteiger partial charge is 0.132 e. The number of quaternary nitrogens is 1. The van der Waals surface area contributed by atoms with Crippen molar-refractivity contribution in [2.45, 2.75) is 219 Å². The average molecular weight is 649 g/mol. The van der Waals surface area contributed by atoms with Crippen LogP contribution in [0.1, 0.15) is 219 Å². The van der Waals surface area contributed by atoms with Gasteiger partial charge in [0.25, 0.3) is 0 Å². The van der Waals surface area contributed by atoms with E-state index in [0.717, 1.165) is 4.48 Å². The summed E-state index contributed by atoms with van der Waals surface area (Å²) < 4.78 is 1.14. The maximum Gasteiger partial charge on any atom is 0.132 e. The van der Waals surface area contributed by atoms with Gasteiger partial charge in [-0.3, -0.25) is 4.48 Å². The van der Waals surface area contributed by atoms with Crippen molar-refractivity contribution in [1.82, 2.24) is 4.48 Å². The van der Waals surface area contributed by atoms with Gasteiger partial charge in [-0.25, -0.2) is 0 Å². The monoisotopic (exact) mass is 648 g/mol. The zero-order valence-corrected chi connectivity index (χ0v) is 32.0. The van der Waals surface area contributed by atoms with E-state index in [1.807, 2.05) is 0 Å². The molecule has 0 unspecified atom stereocenters. The summed E-state index contributed by atoms with van der Waals surface area (Å²) in [6.07, 6.45) is 46.4. The first-order valence-electron chi connectivity index (χ1n) is 20.6. The third-order valence-electron chi connectivity index (χ3n) is 10.4. The number of hydrogen-bond donors (Lipinski definition) is 0. The molecular weight excluding hydrogens is 566 g/mol. The first-order chi connectivity index (χ1) is 21.7. The van der Waals surface area contributed by atoms with E-state index in [4.69, 9.17) is 0 Å². The fourth-order valence-corrected chi connectivity index (χ4v) is 7.18. The highest BCUT2D eigenvalue weighted by atomic mass is 35.5. The quantitative estimate of drug-likeness (QED) is 0.0508. The molecule has 266 valence electrons. The van der Waals surface area contributed by atoms with Gasteiger partial charge in [0, 0.05) is 0 Å². The van der Waals surface area contributed by atoms with Gasteiger partial charge in [-0.1, -0.05) is 212 Å². The lowest BCUT2D eigenvalue weighted by atomic mass is 10.0. The van der Waals surface area contributed by atoms with E-state index in [-0.39, 0.29) is 12.4 Å². The minimum absolute atomic E-state index is 0. The lowest BCUT2D eigenvalue weighted by Crippen LogP contribution is -3.00. The van der Waals surface area contributed by atoms with Crippen LogP contribution >= 0.6 is 0 Å². The van der Waals surface area contributed by atoms with Crippen LogP contribution in [0.2, 0.25) is 0 Å². The molecule has 0 amide bonds. The molecular formula is C43H82ClN. The molecule has 0 fully saturated rings. The topological polar surface area (TPSA) is 0 Å². The van der Waals surface area contributed by atoms with E-state index < -0.39 is 0 Å². The second-order valence-corrected chi connectivity index (χ2v) is 14.8. The third kappa shape index (κ3) is 28.2. The summed E-state index contributed by atoms with van der Waals surface area (Å²) in [5.41, 5.74) is 1.52. The SMILES string of the molecule is CCCCCCCCCCCCCCCCCC[N+](C)(CCCCCCCCCCCCCCCCCC)c1ccccc1.[Cl-]. The Kier molecular flexibility index (Phi) is 34.4. The van der Waals surface area contributed by atoms with Crippen LogP contribution in [0.3, 0.4) is 0 Å². The summed E-state index contributed by atoms with van der Waals surface area (Å²) in [4.78, 5) is 0. The predicted octanol–water partition coefficient (Wildman–Crippen LogP) is 12.2. The Hall–Kier alpha value is -0.530. The van der Waals surface area contributed by atoms with Crippen molar-refractivity contribution in [3.8, 4) is 0 Å². The molecule has 0 bridgehead atoms. The average Bonchev–Trinajstić information content (AvgIpc) is 3.04. The Balaban J connectivity index is 0.0000194. The summed E-state index contributed by atoms with van der Waals surface area (Å²) in [5, 5.41) is 0. The summed E-state index contributed by atoms with van der Waals surface area (Å²) in [6.45, 7) is 7.23. The van der Waals surface area contributed by atoms with Gasteiger partial charge in [-0.15, -0.1) is 0 Å². The Bertz CT molecular complexity index is 638. The maximum atomic E-state index is 2.51. The molecule has 2 heteroatoms. The Morgan fingerprint density at radius 1 is 0.333 bits per heavy atom. The van der Waals surface area contributed by atoms with E-state index in [1.54, 1.807) is 0 Å². The zero-order valence-electron chi connectivity index (χ0n) is 31.3. The lowest BCUT2D eigenvalue weighted by Gasteiger charge is -2.34. The highest BCUT2D eigenvalue weighted by Crippen LogP contribution is 2.24. The molecule has 0 atom stereocenters. The number of hydrogen-bond acceptors (Lipinski definition) is 0. The molecule has 0 aliphatic carbocycles. The van der Waals surface area contributed by atoms with Crippen LogP contribution in [0, 0.1) is 0 Å². The first-order valence-corrected chi connectivity index (χ1v) is 20.6. The molecule has 0 saturated heterocycles. The highest BCUT2D eigenvalue weighted by Gasteiger charge is 2.23. The lowest BCUT2D eigenvalue weighted by molar-refractivity contribution is -0.00000972. The summed E-state index contributed by atoms with van der Waals surface area (Å²) in [6, 6.07) is 11.4. The summed E-state index contributed by atoms with van der Waals surface area (Å²) in [7, 11) is 2.51. The first kappa shape index (κ1) is 44.5. The minimum Gasteiger partial charge on any atom is -1.00 e. The van der Waals surface area contributed by atoms with Crippen LogP contribution in [0.5, 0.6) is 0 Å². The largest absolute Gasteiger partial charge is 1.00 e. The van der Waals surface area contributed by atoms with Crippen molar-refractivity contribution >= 4 is 5.69 Å². The van der Waals surface area contributed by atoms with Gasteiger partial charge in [-0.05, 0) is 37.8 Å². The number of nitrogens with zero attached hydrogens (tertiary/aromatic N) is 1. The highest BCUT2D eigenvalue weighted by molar-refractivity contribution is 5.41.